The van der Waals surface area contributed by atoms with Crippen LogP contribution >= 0.6 is 11.8 Å². The van der Waals surface area contributed by atoms with Gasteiger partial charge in [0.25, 0.3) is 0 Å². The fraction of sp³-hybridized carbons (Fsp3) is 0.688. The summed E-state index contributed by atoms with van der Waals surface area (Å²) in [6.45, 7) is 4.69. The molecular weight excluding hydrogens is 372 g/mol. The maximum Gasteiger partial charge on any atom is 0.409 e. The molecule has 3 heterocycles. The van der Waals surface area contributed by atoms with E-state index in [2.05, 4.69) is 15.3 Å². The second kappa shape index (κ2) is 9.07. The number of nitro groups is 1. The molecular formula is C16H24N6O4S. The zero-order chi connectivity index (χ0) is 19.2. The first-order valence-corrected chi connectivity index (χ1v) is 10.3. The van der Waals surface area contributed by atoms with Gasteiger partial charge in [-0.1, -0.05) is 0 Å². The van der Waals surface area contributed by atoms with E-state index >= 15 is 0 Å². The summed E-state index contributed by atoms with van der Waals surface area (Å²) in [5, 5.41) is 14.9. The summed E-state index contributed by atoms with van der Waals surface area (Å²) in [5.41, 5.74) is -0.0720. The molecule has 2 saturated heterocycles. The molecule has 0 bridgehead atoms. The van der Waals surface area contributed by atoms with Crippen LogP contribution in [0.4, 0.5) is 22.1 Å². The number of ether oxygens (including phenoxy) is 1. The Balaban J connectivity index is 1.70. The molecule has 0 radical (unpaired) electrons. The van der Waals surface area contributed by atoms with E-state index in [-0.39, 0.29) is 23.6 Å². The number of nitrogens with zero attached hydrogens (tertiary/aromatic N) is 5. The molecule has 1 aromatic heterocycles. The van der Waals surface area contributed by atoms with Crippen molar-refractivity contribution < 1.29 is 14.5 Å². The van der Waals surface area contributed by atoms with Crippen LogP contribution in [0.2, 0.25) is 0 Å². The summed E-state index contributed by atoms with van der Waals surface area (Å²) >= 11 is 1.83. The Morgan fingerprint density at radius 1 is 1.33 bits per heavy atom. The molecule has 0 spiro atoms. The van der Waals surface area contributed by atoms with Crippen molar-refractivity contribution in [3.8, 4) is 0 Å². The van der Waals surface area contributed by atoms with Crippen LogP contribution in [0.25, 0.3) is 0 Å². The van der Waals surface area contributed by atoms with Crippen molar-refractivity contribution in [2.75, 3.05) is 54.5 Å². The summed E-state index contributed by atoms with van der Waals surface area (Å²) < 4.78 is 5.02. The number of hydrogen-bond donors (Lipinski definition) is 1. The lowest BCUT2D eigenvalue weighted by atomic mass is 10.1. The van der Waals surface area contributed by atoms with E-state index in [1.165, 1.54) is 6.33 Å². The molecule has 1 aromatic rings. The average Bonchev–Trinajstić information content (AvgIpc) is 2.69. The van der Waals surface area contributed by atoms with Crippen molar-refractivity contribution in [1.29, 1.82) is 0 Å². The molecule has 1 amide bonds. The van der Waals surface area contributed by atoms with Gasteiger partial charge in [0, 0.05) is 43.7 Å². The van der Waals surface area contributed by atoms with Gasteiger partial charge in [-0.2, -0.15) is 11.8 Å². The van der Waals surface area contributed by atoms with E-state index in [1.807, 2.05) is 16.7 Å². The molecule has 0 saturated carbocycles. The number of carbonyl (C=O) groups excluding carboxylic acids is 1. The zero-order valence-corrected chi connectivity index (χ0v) is 16.1. The van der Waals surface area contributed by atoms with Crippen molar-refractivity contribution in [3.63, 3.8) is 0 Å². The maximum atomic E-state index is 11.8. The van der Waals surface area contributed by atoms with Crippen LogP contribution in [0, 0.1) is 10.1 Å². The molecule has 3 rings (SSSR count). The van der Waals surface area contributed by atoms with Crippen LogP contribution in [0.3, 0.4) is 0 Å². The molecule has 0 aromatic carbocycles. The number of aromatic nitrogens is 2. The summed E-state index contributed by atoms with van der Waals surface area (Å²) in [7, 11) is 0. The number of thioether (sulfide) groups is 1. The van der Waals surface area contributed by atoms with Crippen molar-refractivity contribution in [2.45, 2.75) is 25.8 Å². The molecule has 1 N–H and O–H groups in total. The number of carbonyl (C=O) groups is 1. The molecule has 0 atom stereocenters. The summed E-state index contributed by atoms with van der Waals surface area (Å²) in [6, 6.07) is 0.00837. The lowest BCUT2D eigenvalue weighted by Crippen LogP contribution is -2.42. The number of nitrogens with one attached hydrogen (secondary N) is 1. The molecule has 11 heteroatoms. The Hall–Kier alpha value is -2.30. The van der Waals surface area contributed by atoms with E-state index in [0.29, 0.717) is 38.4 Å². The van der Waals surface area contributed by atoms with Gasteiger partial charge in [0.2, 0.25) is 11.6 Å². The van der Waals surface area contributed by atoms with Gasteiger partial charge < -0.3 is 19.9 Å². The molecule has 27 heavy (non-hydrogen) atoms. The van der Waals surface area contributed by atoms with Gasteiger partial charge in [-0.15, -0.1) is 0 Å². The number of likely N-dealkylation sites (tertiary alicyclic amines) is 1. The van der Waals surface area contributed by atoms with E-state index in [4.69, 9.17) is 4.74 Å². The summed E-state index contributed by atoms with van der Waals surface area (Å²) in [4.78, 5) is 35.0. The first kappa shape index (κ1) is 19.5. The molecule has 2 aliphatic heterocycles. The SMILES string of the molecule is CCOC(=O)N1CCC(Nc2ncnc(N3CCSCC3)c2[N+](=O)[O-])CC1. The van der Waals surface area contributed by atoms with Crippen molar-refractivity contribution in [3.05, 3.63) is 16.4 Å². The van der Waals surface area contributed by atoms with Crippen LogP contribution in [0.15, 0.2) is 6.33 Å². The third kappa shape index (κ3) is 4.71. The van der Waals surface area contributed by atoms with Gasteiger partial charge in [-0.05, 0) is 19.8 Å². The number of piperidine rings is 1. The lowest BCUT2D eigenvalue weighted by Gasteiger charge is -2.32. The molecule has 10 nitrogen and oxygen atoms in total. The van der Waals surface area contributed by atoms with Gasteiger partial charge >= 0.3 is 11.8 Å². The monoisotopic (exact) mass is 396 g/mol. The number of amides is 1. The lowest BCUT2D eigenvalue weighted by molar-refractivity contribution is -0.383. The van der Waals surface area contributed by atoms with E-state index < -0.39 is 4.92 Å². The normalized spacial score (nSPS) is 18.3. The third-order valence-electron chi connectivity index (χ3n) is 4.66. The van der Waals surface area contributed by atoms with Crippen molar-refractivity contribution in [1.82, 2.24) is 14.9 Å². The fourth-order valence-electron chi connectivity index (χ4n) is 3.26. The average molecular weight is 396 g/mol. The standard InChI is InChI=1S/C16H24N6O4S/c1-2-26-16(23)21-5-3-12(4-6-21)19-14-13(22(24)25)15(18-11-17-14)20-7-9-27-10-8-20/h11-12H,2-10H2,1H3,(H,17,18,19). The molecule has 2 aliphatic rings. The second-order valence-corrected chi connectivity index (χ2v) is 7.58. The van der Waals surface area contributed by atoms with E-state index in [1.54, 1.807) is 11.8 Å². The Kier molecular flexibility index (Phi) is 6.54. The third-order valence-corrected chi connectivity index (χ3v) is 5.60. The van der Waals surface area contributed by atoms with Crippen LogP contribution in [-0.2, 0) is 4.74 Å². The molecule has 148 valence electrons. The molecule has 0 aliphatic carbocycles. The van der Waals surface area contributed by atoms with Gasteiger partial charge in [0.1, 0.15) is 6.33 Å². The van der Waals surface area contributed by atoms with E-state index in [9.17, 15) is 14.9 Å². The van der Waals surface area contributed by atoms with Gasteiger partial charge in [-0.25, -0.2) is 14.8 Å². The van der Waals surface area contributed by atoms with Crippen LogP contribution in [0.5, 0.6) is 0 Å². The highest BCUT2D eigenvalue weighted by molar-refractivity contribution is 7.99. The quantitative estimate of drug-likeness (QED) is 0.589. The predicted octanol–water partition coefficient (Wildman–Crippen LogP) is 1.97. The number of anilines is 2. The Bertz CT molecular complexity index is 677. The van der Waals surface area contributed by atoms with Gasteiger partial charge in [0.05, 0.1) is 11.5 Å². The Morgan fingerprint density at radius 3 is 2.67 bits per heavy atom. The minimum atomic E-state index is -0.410. The minimum absolute atomic E-state index is 0.00837. The van der Waals surface area contributed by atoms with Crippen LogP contribution in [-0.4, -0.2) is 76.2 Å². The zero-order valence-electron chi connectivity index (χ0n) is 15.3. The van der Waals surface area contributed by atoms with Crippen LogP contribution in [0.1, 0.15) is 19.8 Å². The first-order valence-electron chi connectivity index (χ1n) is 9.10. The second-order valence-electron chi connectivity index (χ2n) is 6.36. The highest BCUT2D eigenvalue weighted by Gasteiger charge is 2.30. The van der Waals surface area contributed by atoms with E-state index in [0.717, 1.165) is 24.6 Å². The summed E-state index contributed by atoms with van der Waals surface area (Å²) in [6.07, 6.45) is 2.42. The van der Waals surface area contributed by atoms with Crippen molar-refractivity contribution >= 4 is 35.2 Å². The van der Waals surface area contributed by atoms with Crippen molar-refractivity contribution in [2.24, 2.45) is 0 Å². The largest absolute Gasteiger partial charge is 0.450 e. The number of rotatable bonds is 5. The van der Waals surface area contributed by atoms with Gasteiger partial charge in [-0.3, -0.25) is 10.1 Å². The number of hydrogen-bond acceptors (Lipinski definition) is 9. The first-order chi connectivity index (χ1) is 13.1. The fourth-order valence-corrected chi connectivity index (χ4v) is 4.17. The topological polar surface area (TPSA) is 114 Å². The minimum Gasteiger partial charge on any atom is -0.450 e. The van der Waals surface area contributed by atoms with Crippen LogP contribution < -0.4 is 10.2 Å². The highest BCUT2D eigenvalue weighted by Crippen LogP contribution is 2.34. The Labute approximate surface area is 161 Å². The molecule has 0 unspecified atom stereocenters. The highest BCUT2D eigenvalue weighted by atomic mass is 32.2. The predicted molar refractivity (Wildman–Crippen MR) is 103 cm³/mol. The van der Waals surface area contributed by atoms with Gasteiger partial charge in [0.15, 0.2) is 0 Å². The smallest absolute Gasteiger partial charge is 0.409 e. The summed E-state index contributed by atoms with van der Waals surface area (Å²) in [5.74, 6) is 2.48. The maximum absolute atomic E-state index is 11.8. The Morgan fingerprint density at radius 2 is 2.04 bits per heavy atom. The molecule has 2 fully saturated rings.